The topological polar surface area (TPSA) is 31.9 Å². The first kappa shape index (κ1) is 10.8. The van der Waals surface area contributed by atoms with Gasteiger partial charge in [-0.1, -0.05) is 25.5 Å². The largest absolute Gasteiger partial charge is 0.299 e. The standard InChI is InChI=1S/C14H19N3/c1-2-11-5-6-17(9-11)10-12-3-4-13-8-15-16-14(13)7-12/h3-4,7-8,11H,2,5-6,9-10H2,1H3,(H,15,16). The van der Waals surface area contributed by atoms with Crippen LogP contribution in [-0.2, 0) is 6.54 Å². The lowest BCUT2D eigenvalue weighted by molar-refractivity contribution is 0.315. The van der Waals surface area contributed by atoms with Gasteiger partial charge < -0.3 is 0 Å². The van der Waals surface area contributed by atoms with Crippen molar-refractivity contribution in [1.29, 1.82) is 0 Å². The first-order chi connectivity index (χ1) is 8.35. The molecular formula is C14H19N3. The molecule has 0 spiro atoms. The molecule has 1 aromatic carbocycles. The Bertz CT molecular complexity index is 503. The van der Waals surface area contributed by atoms with Gasteiger partial charge in [-0.05, 0) is 30.5 Å². The lowest BCUT2D eigenvalue weighted by atomic mass is 10.1. The van der Waals surface area contributed by atoms with Gasteiger partial charge in [-0.15, -0.1) is 0 Å². The van der Waals surface area contributed by atoms with Crippen LogP contribution in [0, 0.1) is 5.92 Å². The minimum Gasteiger partial charge on any atom is -0.299 e. The van der Waals surface area contributed by atoms with Gasteiger partial charge in [-0.3, -0.25) is 10.00 Å². The third kappa shape index (κ3) is 2.20. The van der Waals surface area contributed by atoms with Crippen LogP contribution in [0.4, 0.5) is 0 Å². The van der Waals surface area contributed by atoms with Crippen LogP contribution in [0.25, 0.3) is 10.9 Å². The second-order valence-corrected chi connectivity index (χ2v) is 5.09. The molecule has 1 saturated heterocycles. The van der Waals surface area contributed by atoms with Crippen LogP contribution < -0.4 is 0 Å². The van der Waals surface area contributed by atoms with Crippen LogP contribution in [0.2, 0.25) is 0 Å². The molecule has 1 aromatic heterocycles. The van der Waals surface area contributed by atoms with E-state index in [9.17, 15) is 0 Å². The van der Waals surface area contributed by atoms with Gasteiger partial charge in [0.2, 0.25) is 0 Å². The molecule has 0 aliphatic carbocycles. The molecule has 0 saturated carbocycles. The molecule has 0 radical (unpaired) electrons. The number of nitrogens with one attached hydrogen (secondary N) is 1. The fourth-order valence-electron chi connectivity index (χ4n) is 2.73. The average molecular weight is 229 g/mol. The minimum atomic E-state index is 0.908. The summed E-state index contributed by atoms with van der Waals surface area (Å²) in [6.07, 6.45) is 4.56. The Morgan fingerprint density at radius 1 is 1.47 bits per heavy atom. The molecule has 2 aromatic rings. The van der Waals surface area contributed by atoms with Crippen LogP contribution in [0.15, 0.2) is 24.4 Å². The van der Waals surface area contributed by atoms with Crippen molar-refractivity contribution in [1.82, 2.24) is 15.1 Å². The monoisotopic (exact) mass is 229 g/mol. The summed E-state index contributed by atoms with van der Waals surface area (Å²) in [5.74, 6) is 0.908. The number of likely N-dealkylation sites (tertiary alicyclic amines) is 1. The van der Waals surface area contributed by atoms with E-state index in [1.165, 1.54) is 36.9 Å². The molecular weight excluding hydrogens is 210 g/mol. The van der Waals surface area contributed by atoms with Gasteiger partial charge >= 0.3 is 0 Å². The SMILES string of the molecule is CCC1CCN(Cc2ccc3cn[nH]c3c2)C1. The fraction of sp³-hybridized carbons (Fsp3) is 0.500. The van der Waals surface area contributed by atoms with Crippen LogP contribution in [0.1, 0.15) is 25.3 Å². The van der Waals surface area contributed by atoms with Gasteiger partial charge in [0.25, 0.3) is 0 Å². The van der Waals surface area contributed by atoms with E-state index in [0.29, 0.717) is 0 Å². The van der Waals surface area contributed by atoms with Crippen molar-refractivity contribution < 1.29 is 0 Å². The summed E-state index contributed by atoms with van der Waals surface area (Å²) in [4.78, 5) is 2.56. The zero-order valence-electron chi connectivity index (χ0n) is 10.3. The molecule has 1 unspecified atom stereocenters. The number of H-pyrrole nitrogens is 1. The Morgan fingerprint density at radius 2 is 2.41 bits per heavy atom. The Morgan fingerprint density at radius 3 is 3.24 bits per heavy atom. The number of aromatic amines is 1. The molecule has 0 bridgehead atoms. The van der Waals surface area contributed by atoms with Crippen LogP contribution in [0.5, 0.6) is 0 Å². The first-order valence-corrected chi connectivity index (χ1v) is 6.49. The lowest BCUT2D eigenvalue weighted by Crippen LogP contribution is -2.19. The molecule has 1 atom stereocenters. The molecule has 1 N–H and O–H groups in total. The molecule has 17 heavy (non-hydrogen) atoms. The zero-order valence-corrected chi connectivity index (χ0v) is 10.3. The molecule has 1 aliphatic heterocycles. The number of nitrogens with zero attached hydrogens (tertiary/aromatic N) is 2. The van der Waals surface area contributed by atoms with Crippen LogP contribution in [-0.4, -0.2) is 28.2 Å². The highest BCUT2D eigenvalue weighted by Gasteiger charge is 2.20. The summed E-state index contributed by atoms with van der Waals surface area (Å²) in [5, 5.41) is 8.29. The van der Waals surface area contributed by atoms with Crippen molar-refractivity contribution in [3.05, 3.63) is 30.0 Å². The molecule has 90 valence electrons. The smallest absolute Gasteiger partial charge is 0.0653 e. The Kier molecular flexibility index (Phi) is 2.85. The van der Waals surface area contributed by atoms with Crippen molar-refractivity contribution in [2.45, 2.75) is 26.3 Å². The minimum absolute atomic E-state index is 0.908. The molecule has 0 amide bonds. The second kappa shape index (κ2) is 4.49. The van der Waals surface area contributed by atoms with E-state index >= 15 is 0 Å². The zero-order chi connectivity index (χ0) is 11.7. The van der Waals surface area contributed by atoms with Gasteiger partial charge in [-0.2, -0.15) is 5.10 Å². The van der Waals surface area contributed by atoms with Gasteiger partial charge in [0.15, 0.2) is 0 Å². The van der Waals surface area contributed by atoms with Crippen molar-refractivity contribution in [3.8, 4) is 0 Å². The molecule has 2 heterocycles. The molecule has 3 heteroatoms. The van der Waals surface area contributed by atoms with Crippen molar-refractivity contribution in [2.24, 2.45) is 5.92 Å². The highest BCUT2D eigenvalue weighted by atomic mass is 15.1. The number of hydrogen-bond acceptors (Lipinski definition) is 2. The summed E-state index contributed by atoms with van der Waals surface area (Å²) < 4.78 is 0. The maximum Gasteiger partial charge on any atom is 0.0653 e. The maximum absolute atomic E-state index is 4.06. The van der Waals surface area contributed by atoms with E-state index in [2.05, 4.69) is 40.2 Å². The first-order valence-electron chi connectivity index (χ1n) is 6.49. The summed E-state index contributed by atoms with van der Waals surface area (Å²) in [7, 11) is 0. The predicted octanol–water partition coefficient (Wildman–Crippen LogP) is 2.79. The van der Waals surface area contributed by atoms with E-state index in [0.717, 1.165) is 18.0 Å². The van der Waals surface area contributed by atoms with Crippen LogP contribution >= 0.6 is 0 Å². The number of fused-ring (bicyclic) bond motifs is 1. The molecule has 3 nitrogen and oxygen atoms in total. The summed E-state index contributed by atoms with van der Waals surface area (Å²) in [6.45, 7) is 5.88. The third-order valence-corrected chi connectivity index (χ3v) is 3.86. The molecule has 3 rings (SSSR count). The third-order valence-electron chi connectivity index (χ3n) is 3.86. The van der Waals surface area contributed by atoms with Gasteiger partial charge in [0, 0.05) is 18.5 Å². The van der Waals surface area contributed by atoms with E-state index in [1.807, 2.05) is 6.20 Å². The quantitative estimate of drug-likeness (QED) is 0.877. The fourth-order valence-corrected chi connectivity index (χ4v) is 2.73. The van der Waals surface area contributed by atoms with E-state index in [-0.39, 0.29) is 0 Å². The Balaban J connectivity index is 1.72. The van der Waals surface area contributed by atoms with Gasteiger partial charge in [-0.25, -0.2) is 0 Å². The Hall–Kier alpha value is -1.35. The number of aromatic nitrogens is 2. The predicted molar refractivity (Wildman–Crippen MR) is 69.8 cm³/mol. The summed E-state index contributed by atoms with van der Waals surface area (Å²) >= 11 is 0. The second-order valence-electron chi connectivity index (χ2n) is 5.09. The van der Waals surface area contributed by atoms with Crippen molar-refractivity contribution >= 4 is 10.9 Å². The van der Waals surface area contributed by atoms with E-state index in [4.69, 9.17) is 0 Å². The number of rotatable bonds is 3. The Labute approximate surface area is 102 Å². The van der Waals surface area contributed by atoms with Gasteiger partial charge in [0.05, 0.1) is 11.7 Å². The van der Waals surface area contributed by atoms with E-state index < -0.39 is 0 Å². The average Bonchev–Trinajstić information content (AvgIpc) is 2.96. The molecule has 1 fully saturated rings. The summed E-state index contributed by atoms with van der Waals surface area (Å²) in [5.41, 5.74) is 2.53. The van der Waals surface area contributed by atoms with Crippen molar-refractivity contribution in [2.75, 3.05) is 13.1 Å². The molecule has 1 aliphatic rings. The summed E-state index contributed by atoms with van der Waals surface area (Å²) in [6, 6.07) is 6.60. The maximum atomic E-state index is 4.06. The van der Waals surface area contributed by atoms with Gasteiger partial charge in [0.1, 0.15) is 0 Å². The number of benzene rings is 1. The van der Waals surface area contributed by atoms with E-state index in [1.54, 1.807) is 0 Å². The highest BCUT2D eigenvalue weighted by molar-refractivity contribution is 5.78. The number of hydrogen-bond donors (Lipinski definition) is 1. The van der Waals surface area contributed by atoms with Crippen LogP contribution in [0.3, 0.4) is 0 Å². The highest BCUT2D eigenvalue weighted by Crippen LogP contribution is 2.22. The van der Waals surface area contributed by atoms with Crippen molar-refractivity contribution in [3.63, 3.8) is 0 Å². The normalized spacial score (nSPS) is 21.4. The lowest BCUT2D eigenvalue weighted by Gasteiger charge is -2.15.